The largest absolute Gasteiger partial charge is 0.478 e. The second kappa shape index (κ2) is 5.97. The summed E-state index contributed by atoms with van der Waals surface area (Å²) in [7, 11) is 0. The van der Waals surface area contributed by atoms with Crippen LogP contribution in [0.3, 0.4) is 0 Å². The van der Waals surface area contributed by atoms with Crippen molar-refractivity contribution in [1.29, 1.82) is 0 Å². The lowest BCUT2D eigenvalue weighted by atomic mass is 10.2. The van der Waals surface area contributed by atoms with Crippen LogP contribution in [0, 0.1) is 0 Å². The number of hydrogen-bond donors (Lipinski definition) is 2. The number of nitrogens with one attached hydrogen (secondary N) is 1. The third-order valence-corrected chi connectivity index (χ3v) is 5.04. The van der Waals surface area contributed by atoms with E-state index in [1.807, 2.05) is 23.9 Å². The van der Waals surface area contributed by atoms with Gasteiger partial charge in [0.2, 0.25) is 0 Å². The number of rotatable bonds is 4. The summed E-state index contributed by atoms with van der Waals surface area (Å²) in [6.07, 6.45) is 5.78. The molecule has 1 aliphatic rings. The van der Waals surface area contributed by atoms with E-state index in [-0.39, 0.29) is 0 Å². The molecular formula is C13H16BrNO2S. The SMILES string of the molecule is CSC1CCC(Nc2ccc(C(=O)O)c(Br)c2)C1. The van der Waals surface area contributed by atoms with Gasteiger partial charge in [0.25, 0.3) is 0 Å². The van der Waals surface area contributed by atoms with Gasteiger partial charge < -0.3 is 10.4 Å². The van der Waals surface area contributed by atoms with Gasteiger partial charge in [-0.05, 0) is 59.6 Å². The lowest BCUT2D eigenvalue weighted by Gasteiger charge is -2.15. The molecule has 2 unspecified atom stereocenters. The van der Waals surface area contributed by atoms with Gasteiger partial charge in [0.05, 0.1) is 5.56 Å². The summed E-state index contributed by atoms with van der Waals surface area (Å²) in [6.45, 7) is 0. The fraction of sp³-hybridized carbons (Fsp3) is 0.462. The third kappa shape index (κ3) is 3.20. The minimum Gasteiger partial charge on any atom is -0.478 e. The van der Waals surface area contributed by atoms with Crippen LogP contribution < -0.4 is 5.32 Å². The fourth-order valence-corrected chi connectivity index (χ4v) is 3.64. The zero-order chi connectivity index (χ0) is 13.1. The van der Waals surface area contributed by atoms with Crippen LogP contribution in [0.2, 0.25) is 0 Å². The zero-order valence-electron chi connectivity index (χ0n) is 10.1. The molecule has 98 valence electrons. The van der Waals surface area contributed by atoms with Gasteiger partial charge in [0, 0.05) is 21.5 Å². The molecular weight excluding hydrogens is 314 g/mol. The van der Waals surface area contributed by atoms with E-state index in [9.17, 15) is 4.79 Å². The van der Waals surface area contributed by atoms with Crippen molar-refractivity contribution in [3.05, 3.63) is 28.2 Å². The second-order valence-electron chi connectivity index (χ2n) is 4.51. The number of thioether (sulfide) groups is 1. The summed E-state index contributed by atoms with van der Waals surface area (Å²) in [5.41, 5.74) is 1.28. The minimum absolute atomic E-state index is 0.300. The first-order valence-electron chi connectivity index (χ1n) is 5.92. The Hall–Kier alpha value is -0.680. The predicted molar refractivity (Wildman–Crippen MR) is 79.7 cm³/mol. The van der Waals surface area contributed by atoms with Gasteiger partial charge >= 0.3 is 5.97 Å². The van der Waals surface area contributed by atoms with E-state index < -0.39 is 5.97 Å². The molecule has 0 bridgehead atoms. The molecule has 1 aromatic rings. The van der Waals surface area contributed by atoms with E-state index in [4.69, 9.17) is 5.11 Å². The highest BCUT2D eigenvalue weighted by Crippen LogP contribution is 2.31. The van der Waals surface area contributed by atoms with Gasteiger partial charge in [-0.1, -0.05) is 0 Å². The molecule has 0 aromatic heterocycles. The Balaban J connectivity index is 2.02. The molecule has 18 heavy (non-hydrogen) atoms. The molecule has 2 rings (SSSR count). The fourth-order valence-electron chi connectivity index (χ4n) is 2.30. The molecule has 2 N–H and O–H groups in total. The van der Waals surface area contributed by atoms with Crippen LogP contribution in [0.25, 0.3) is 0 Å². The van der Waals surface area contributed by atoms with Crippen molar-refractivity contribution in [3.63, 3.8) is 0 Å². The number of carbonyl (C=O) groups is 1. The molecule has 1 fully saturated rings. The first-order chi connectivity index (χ1) is 8.60. The molecule has 5 heteroatoms. The summed E-state index contributed by atoms with van der Waals surface area (Å²) in [4.78, 5) is 10.9. The van der Waals surface area contributed by atoms with Gasteiger partial charge in [0.1, 0.15) is 0 Å². The van der Waals surface area contributed by atoms with E-state index in [2.05, 4.69) is 27.5 Å². The lowest BCUT2D eigenvalue weighted by Crippen LogP contribution is -2.16. The number of hydrogen-bond acceptors (Lipinski definition) is 3. The number of halogens is 1. The number of aromatic carboxylic acids is 1. The van der Waals surface area contributed by atoms with Crippen LogP contribution in [-0.4, -0.2) is 28.6 Å². The number of benzene rings is 1. The summed E-state index contributed by atoms with van der Waals surface area (Å²) in [5, 5.41) is 13.2. The summed E-state index contributed by atoms with van der Waals surface area (Å²) in [6, 6.07) is 5.82. The molecule has 0 amide bonds. The van der Waals surface area contributed by atoms with Crippen LogP contribution in [0.5, 0.6) is 0 Å². The smallest absolute Gasteiger partial charge is 0.336 e. The van der Waals surface area contributed by atoms with Gasteiger partial charge in [-0.2, -0.15) is 11.8 Å². The quantitative estimate of drug-likeness (QED) is 0.881. The van der Waals surface area contributed by atoms with Gasteiger partial charge in [0.15, 0.2) is 0 Å². The highest BCUT2D eigenvalue weighted by atomic mass is 79.9. The third-order valence-electron chi connectivity index (χ3n) is 3.29. The molecule has 1 saturated carbocycles. The minimum atomic E-state index is -0.906. The second-order valence-corrected chi connectivity index (χ2v) is 6.50. The van der Waals surface area contributed by atoms with Crippen molar-refractivity contribution < 1.29 is 9.90 Å². The Kier molecular flexibility index (Phi) is 4.56. The Morgan fingerprint density at radius 1 is 1.50 bits per heavy atom. The van der Waals surface area contributed by atoms with Crippen molar-refractivity contribution in [2.24, 2.45) is 0 Å². The van der Waals surface area contributed by atoms with E-state index in [1.165, 1.54) is 19.3 Å². The highest BCUT2D eigenvalue weighted by Gasteiger charge is 2.23. The topological polar surface area (TPSA) is 49.3 Å². The van der Waals surface area contributed by atoms with Crippen molar-refractivity contribution >= 4 is 39.3 Å². The molecule has 1 aliphatic carbocycles. The van der Waals surface area contributed by atoms with E-state index in [0.717, 1.165) is 10.9 Å². The molecule has 0 aliphatic heterocycles. The monoisotopic (exact) mass is 329 g/mol. The molecule has 1 aromatic carbocycles. The summed E-state index contributed by atoms with van der Waals surface area (Å²) < 4.78 is 0.624. The highest BCUT2D eigenvalue weighted by molar-refractivity contribution is 9.10. The number of anilines is 1. The van der Waals surface area contributed by atoms with Crippen LogP contribution in [0.4, 0.5) is 5.69 Å². The average Bonchev–Trinajstić information content (AvgIpc) is 2.76. The Morgan fingerprint density at radius 3 is 2.83 bits per heavy atom. The molecule has 0 heterocycles. The van der Waals surface area contributed by atoms with Gasteiger partial charge in [-0.3, -0.25) is 0 Å². The Bertz CT molecular complexity index is 453. The van der Waals surface area contributed by atoms with Crippen molar-refractivity contribution in [1.82, 2.24) is 0 Å². The molecule has 2 atom stereocenters. The molecule has 0 radical (unpaired) electrons. The van der Waals surface area contributed by atoms with Gasteiger partial charge in [-0.25, -0.2) is 4.79 Å². The summed E-state index contributed by atoms with van der Waals surface area (Å²) in [5.74, 6) is -0.906. The number of carboxylic acid groups (broad SMARTS) is 1. The van der Waals surface area contributed by atoms with Crippen LogP contribution in [-0.2, 0) is 0 Å². The molecule has 0 saturated heterocycles. The van der Waals surface area contributed by atoms with Crippen LogP contribution >= 0.6 is 27.7 Å². The maximum Gasteiger partial charge on any atom is 0.336 e. The van der Waals surface area contributed by atoms with Crippen LogP contribution in [0.15, 0.2) is 22.7 Å². The average molecular weight is 330 g/mol. The Labute approximate surface area is 119 Å². The lowest BCUT2D eigenvalue weighted by molar-refractivity contribution is 0.0696. The first kappa shape index (κ1) is 13.7. The van der Waals surface area contributed by atoms with Crippen molar-refractivity contribution in [2.45, 2.75) is 30.6 Å². The van der Waals surface area contributed by atoms with E-state index in [1.54, 1.807) is 6.07 Å². The van der Waals surface area contributed by atoms with Gasteiger partial charge in [-0.15, -0.1) is 0 Å². The van der Waals surface area contributed by atoms with E-state index in [0.29, 0.717) is 16.1 Å². The maximum atomic E-state index is 10.9. The Morgan fingerprint density at radius 2 is 2.28 bits per heavy atom. The normalized spacial score (nSPS) is 23.0. The first-order valence-corrected chi connectivity index (χ1v) is 8.00. The van der Waals surface area contributed by atoms with E-state index >= 15 is 0 Å². The predicted octanol–water partition coefficient (Wildman–Crippen LogP) is 3.84. The zero-order valence-corrected chi connectivity index (χ0v) is 12.6. The molecule has 0 spiro atoms. The number of carboxylic acids is 1. The van der Waals surface area contributed by atoms with Crippen LogP contribution in [0.1, 0.15) is 29.6 Å². The van der Waals surface area contributed by atoms with Crippen molar-refractivity contribution in [3.8, 4) is 0 Å². The van der Waals surface area contributed by atoms with Crippen molar-refractivity contribution in [2.75, 3.05) is 11.6 Å². The maximum absolute atomic E-state index is 10.9. The summed E-state index contributed by atoms with van der Waals surface area (Å²) >= 11 is 5.23. The molecule has 3 nitrogen and oxygen atoms in total. The standard InChI is InChI=1S/C13H16BrNO2S/c1-18-10-4-2-8(6-10)15-9-3-5-11(13(16)17)12(14)7-9/h3,5,7-8,10,15H,2,4,6H2,1H3,(H,16,17).